The molecule has 1 aliphatic carbocycles. The van der Waals surface area contributed by atoms with Crippen molar-refractivity contribution >= 4 is 0 Å². The van der Waals surface area contributed by atoms with Gasteiger partial charge in [-0.1, -0.05) is 24.5 Å². The minimum absolute atomic E-state index is 0.0422. The molecule has 1 saturated heterocycles. The third-order valence-corrected chi connectivity index (χ3v) is 5.00. The maximum absolute atomic E-state index is 6.07. The van der Waals surface area contributed by atoms with E-state index in [1.807, 2.05) is 24.3 Å². The van der Waals surface area contributed by atoms with Gasteiger partial charge in [0.1, 0.15) is 11.9 Å². The normalized spacial score (nSPS) is 21.3. The Labute approximate surface area is 157 Å². The largest absolute Gasteiger partial charge is 0.497 e. The molecule has 1 aliphatic heterocycles. The van der Waals surface area contributed by atoms with E-state index in [0.717, 1.165) is 44.5 Å². The maximum atomic E-state index is 6.07. The summed E-state index contributed by atoms with van der Waals surface area (Å²) in [6, 6.07) is 7.99. The topological polar surface area (TPSA) is 36.9 Å². The number of ether oxygens (including phenoxy) is 4. The van der Waals surface area contributed by atoms with Crippen LogP contribution in [0.1, 0.15) is 56.9 Å². The number of rotatable bonds is 7. The van der Waals surface area contributed by atoms with Crippen LogP contribution in [0.4, 0.5) is 0 Å². The van der Waals surface area contributed by atoms with Crippen LogP contribution in [0.2, 0.25) is 0 Å². The van der Waals surface area contributed by atoms with Crippen LogP contribution in [-0.4, -0.2) is 32.2 Å². The van der Waals surface area contributed by atoms with Crippen molar-refractivity contribution in [3.05, 3.63) is 29.8 Å². The molecule has 4 heteroatoms. The average Bonchev–Trinajstić information content (AvgIpc) is 3.07. The van der Waals surface area contributed by atoms with Gasteiger partial charge < -0.3 is 18.9 Å². The number of unbranched alkanes of at least 4 members (excludes halogenated alkanes) is 2. The van der Waals surface area contributed by atoms with Gasteiger partial charge in [0, 0.05) is 25.9 Å². The fraction of sp³-hybridized carbons (Fsp3) is 0.636. The molecule has 0 unspecified atom stereocenters. The second-order valence-corrected chi connectivity index (χ2v) is 7.07. The maximum Gasteiger partial charge on any atom is 0.170 e. The first-order valence-electron chi connectivity index (χ1n) is 9.80. The van der Waals surface area contributed by atoms with Crippen molar-refractivity contribution in [1.82, 2.24) is 0 Å². The Morgan fingerprint density at radius 2 is 1.92 bits per heavy atom. The molecule has 0 bridgehead atoms. The zero-order valence-electron chi connectivity index (χ0n) is 15.8. The second-order valence-electron chi connectivity index (χ2n) is 7.07. The summed E-state index contributed by atoms with van der Waals surface area (Å²) >= 11 is 0. The third-order valence-electron chi connectivity index (χ3n) is 5.00. The molecule has 4 nitrogen and oxygen atoms in total. The number of benzene rings is 1. The summed E-state index contributed by atoms with van der Waals surface area (Å²) < 4.78 is 22.8. The van der Waals surface area contributed by atoms with Gasteiger partial charge in [0.2, 0.25) is 0 Å². The summed E-state index contributed by atoms with van der Waals surface area (Å²) in [7, 11) is 1.67. The predicted molar refractivity (Wildman–Crippen MR) is 101 cm³/mol. The van der Waals surface area contributed by atoms with E-state index < -0.39 is 0 Å². The zero-order valence-corrected chi connectivity index (χ0v) is 15.8. The Bertz CT molecular complexity index is 593. The molecule has 1 saturated carbocycles. The molecule has 2 fully saturated rings. The minimum atomic E-state index is -0.313. The Hall–Kier alpha value is -1.54. The number of methoxy groups -OCH3 is 1. The van der Waals surface area contributed by atoms with Crippen LogP contribution in [-0.2, 0) is 20.8 Å². The van der Waals surface area contributed by atoms with Crippen molar-refractivity contribution in [2.45, 2.75) is 69.9 Å². The lowest BCUT2D eigenvalue weighted by molar-refractivity contribution is -0.182. The minimum Gasteiger partial charge on any atom is -0.497 e. The first-order valence-corrected chi connectivity index (χ1v) is 9.80. The molecule has 0 radical (unpaired) electrons. The molecule has 1 aromatic rings. The van der Waals surface area contributed by atoms with Crippen molar-refractivity contribution in [1.29, 1.82) is 0 Å². The summed E-state index contributed by atoms with van der Waals surface area (Å²) in [4.78, 5) is 0. The Balaban J connectivity index is 1.24. The summed E-state index contributed by atoms with van der Waals surface area (Å²) in [5.74, 6) is 7.04. The molecule has 1 heterocycles. The van der Waals surface area contributed by atoms with Crippen molar-refractivity contribution in [3.63, 3.8) is 0 Å². The van der Waals surface area contributed by atoms with E-state index in [-0.39, 0.29) is 11.9 Å². The quantitative estimate of drug-likeness (QED) is 0.533. The highest BCUT2D eigenvalue weighted by Gasteiger charge is 2.41. The molecule has 26 heavy (non-hydrogen) atoms. The Morgan fingerprint density at radius 3 is 2.69 bits per heavy atom. The van der Waals surface area contributed by atoms with Crippen molar-refractivity contribution in [3.8, 4) is 17.6 Å². The standard InChI is InChI=1S/C22H30O4/c1-23-20-12-10-19(11-13-20)17-24-16-8-3-2-5-9-21-18-25-22(26-21)14-6-4-7-15-22/h10-13,21H,2-4,6-8,14-18H2,1H3/t21-/m0/s1. The van der Waals surface area contributed by atoms with Crippen LogP contribution < -0.4 is 4.74 Å². The van der Waals surface area contributed by atoms with E-state index in [2.05, 4.69) is 11.8 Å². The van der Waals surface area contributed by atoms with Crippen molar-refractivity contribution < 1.29 is 18.9 Å². The SMILES string of the molecule is COc1ccc(COCCCCC#C[C@H]2COC3(CCCCC3)O2)cc1. The highest BCUT2D eigenvalue weighted by atomic mass is 16.7. The summed E-state index contributed by atoms with van der Waals surface area (Å²) in [6.07, 6.45) is 8.68. The fourth-order valence-electron chi connectivity index (χ4n) is 3.49. The van der Waals surface area contributed by atoms with E-state index in [4.69, 9.17) is 18.9 Å². The first-order chi connectivity index (χ1) is 12.8. The second kappa shape index (κ2) is 9.97. The van der Waals surface area contributed by atoms with Gasteiger partial charge in [-0.2, -0.15) is 0 Å². The molecule has 0 aromatic heterocycles. The Morgan fingerprint density at radius 1 is 1.12 bits per heavy atom. The molecular formula is C22H30O4. The van der Waals surface area contributed by atoms with Gasteiger partial charge in [0.25, 0.3) is 0 Å². The first kappa shape index (κ1) is 19.2. The highest BCUT2D eigenvalue weighted by Crippen LogP contribution is 2.37. The lowest BCUT2D eigenvalue weighted by Gasteiger charge is -2.31. The summed E-state index contributed by atoms with van der Waals surface area (Å²) in [5, 5.41) is 0. The number of hydrogen-bond donors (Lipinski definition) is 0. The lowest BCUT2D eigenvalue weighted by atomic mass is 9.94. The van der Waals surface area contributed by atoms with Gasteiger partial charge >= 0.3 is 0 Å². The van der Waals surface area contributed by atoms with E-state index in [9.17, 15) is 0 Å². The van der Waals surface area contributed by atoms with Gasteiger partial charge in [0.05, 0.1) is 20.3 Å². The molecule has 1 atom stereocenters. The van der Waals surface area contributed by atoms with E-state index in [0.29, 0.717) is 13.2 Å². The van der Waals surface area contributed by atoms with Gasteiger partial charge in [0.15, 0.2) is 5.79 Å². The molecule has 0 amide bonds. The van der Waals surface area contributed by atoms with Gasteiger partial charge in [-0.15, -0.1) is 5.92 Å². The highest BCUT2D eigenvalue weighted by molar-refractivity contribution is 5.26. The van der Waals surface area contributed by atoms with Gasteiger partial charge in [-0.05, 0) is 43.4 Å². The molecular weight excluding hydrogens is 328 g/mol. The molecule has 0 N–H and O–H groups in total. The monoisotopic (exact) mass is 358 g/mol. The van der Waals surface area contributed by atoms with Crippen LogP contribution in [0.5, 0.6) is 5.75 Å². The smallest absolute Gasteiger partial charge is 0.170 e. The average molecular weight is 358 g/mol. The molecule has 2 aliphatic rings. The van der Waals surface area contributed by atoms with Crippen molar-refractivity contribution in [2.24, 2.45) is 0 Å². The van der Waals surface area contributed by atoms with Crippen LogP contribution in [0.3, 0.4) is 0 Å². The fourth-order valence-corrected chi connectivity index (χ4v) is 3.49. The van der Waals surface area contributed by atoms with Crippen LogP contribution in [0, 0.1) is 11.8 Å². The molecule has 142 valence electrons. The van der Waals surface area contributed by atoms with Crippen LogP contribution in [0.25, 0.3) is 0 Å². The Kier molecular flexibility index (Phi) is 7.37. The molecule has 3 rings (SSSR count). The van der Waals surface area contributed by atoms with Gasteiger partial charge in [-0.25, -0.2) is 0 Å². The zero-order chi connectivity index (χ0) is 18.1. The lowest BCUT2D eigenvalue weighted by Crippen LogP contribution is -2.33. The van der Waals surface area contributed by atoms with Crippen LogP contribution in [0.15, 0.2) is 24.3 Å². The molecule has 1 spiro atoms. The van der Waals surface area contributed by atoms with E-state index >= 15 is 0 Å². The van der Waals surface area contributed by atoms with Crippen molar-refractivity contribution in [2.75, 3.05) is 20.3 Å². The number of hydrogen-bond acceptors (Lipinski definition) is 4. The van der Waals surface area contributed by atoms with Crippen LogP contribution >= 0.6 is 0 Å². The summed E-state index contributed by atoms with van der Waals surface area (Å²) in [6.45, 7) is 2.03. The molecule has 1 aromatic carbocycles. The third kappa shape index (κ3) is 5.74. The summed E-state index contributed by atoms with van der Waals surface area (Å²) in [5.41, 5.74) is 1.17. The van der Waals surface area contributed by atoms with Gasteiger partial charge in [-0.3, -0.25) is 0 Å². The van der Waals surface area contributed by atoms with E-state index in [1.165, 1.54) is 24.8 Å². The predicted octanol–water partition coefficient (Wildman–Crippen LogP) is 4.46. The van der Waals surface area contributed by atoms with E-state index in [1.54, 1.807) is 7.11 Å².